The molecule has 1 amide bonds. The molecule has 0 aromatic heterocycles. The maximum atomic E-state index is 10.5. The van der Waals surface area contributed by atoms with Gasteiger partial charge in [0.15, 0.2) is 0 Å². The molecule has 0 aliphatic carbocycles. The van der Waals surface area contributed by atoms with Gasteiger partial charge in [0, 0.05) is 26.2 Å². The van der Waals surface area contributed by atoms with Crippen molar-refractivity contribution >= 4 is 6.41 Å². The zero-order chi connectivity index (χ0) is 9.15. The average Bonchev–Trinajstić information content (AvgIpc) is 2.20. The van der Waals surface area contributed by atoms with Gasteiger partial charge in [-0.1, -0.05) is 0 Å². The molecule has 2 heterocycles. The van der Waals surface area contributed by atoms with E-state index in [9.17, 15) is 4.79 Å². The number of carbonyl (C=O) groups excluding carboxylic acids is 1. The fourth-order valence-electron chi connectivity index (χ4n) is 2.06. The smallest absolute Gasteiger partial charge is 0.209 e. The molecule has 0 bridgehead atoms. The van der Waals surface area contributed by atoms with Crippen molar-refractivity contribution in [1.29, 1.82) is 0 Å². The molecule has 2 rings (SSSR count). The van der Waals surface area contributed by atoms with Gasteiger partial charge in [0.2, 0.25) is 6.41 Å². The highest BCUT2D eigenvalue weighted by Gasteiger charge is 2.36. The second-order valence-electron chi connectivity index (χ2n) is 3.85. The molecule has 0 aromatic carbocycles. The summed E-state index contributed by atoms with van der Waals surface area (Å²) in [5.41, 5.74) is 0.0256. The van der Waals surface area contributed by atoms with Gasteiger partial charge in [-0.3, -0.25) is 4.79 Å². The lowest BCUT2D eigenvalue weighted by Gasteiger charge is -2.43. The maximum absolute atomic E-state index is 10.5. The van der Waals surface area contributed by atoms with Gasteiger partial charge in [-0.2, -0.15) is 0 Å². The van der Waals surface area contributed by atoms with Crippen molar-refractivity contribution in [3.05, 3.63) is 0 Å². The second kappa shape index (κ2) is 3.64. The highest BCUT2D eigenvalue weighted by Crippen LogP contribution is 2.26. The number of nitrogens with one attached hydrogen (secondary N) is 1. The molecule has 0 atom stereocenters. The van der Waals surface area contributed by atoms with Gasteiger partial charge in [-0.25, -0.2) is 0 Å². The summed E-state index contributed by atoms with van der Waals surface area (Å²) in [7, 11) is 0. The van der Waals surface area contributed by atoms with Crippen molar-refractivity contribution in [2.24, 2.45) is 0 Å². The van der Waals surface area contributed by atoms with Crippen LogP contribution in [0, 0.1) is 0 Å². The number of amides is 1. The molecule has 2 aliphatic rings. The number of nitrogens with zero attached hydrogens (tertiary/aromatic N) is 1. The lowest BCUT2D eigenvalue weighted by Crippen LogP contribution is -2.55. The Kier molecular flexibility index (Phi) is 2.51. The fraction of sp³-hybridized carbons (Fsp3) is 0.889. The maximum Gasteiger partial charge on any atom is 0.209 e. The number of hydrogen-bond donors (Lipinski definition) is 1. The van der Waals surface area contributed by atoms with Gasteiger partial charge >= 0.3 is 0 Å². The Morgan fingerprint density at radius 1 is 1.38 bits per heavy atom. The van der Waals surface area contributed by atoms with Crippen LogP contribution in [0.2, 0.25) is 0 Å². The van der Waals surface area contributed by atoms with Crippen LogP contribution in [0.4, 0.5) is 0 Å². The number of likely N-dealkylation sites (tertiary alicyclic amines) is 1. The van der Waals surface area contributed by atoms with Crippen molar-refractivity contribution in [2.45, 2.75) is 18.4 Å². The zero-order valence-electron chi connectivity index (χ0n) is 7.79. The van der Waals surface area contributed by atoms with Crippen LogP contribution in [0.25, 0.3) is 0 Å². The Balaban J connectivity index is 1.91. The summed E-state index contributed by atoms with van der Waals surface area (Å²) in [4.78, 5) is 12.3. The first-order valence-corrected chi connectivity index (χ1v) is 4.89. The summed E-state index contributed by atoms with van der Waals surface area (Å²) >= 11 is 0. The predicted octanol–water partition coefficient (Wildman–Crippen LogP) is -0.403. The van der Waals surface area contributed by atoms with Crippen LogP contribution in [-0.2, 0) is 9.53 Å². The Morgan fingerprint density at radius 2 is 2.15 bits per heavy atom. The third kappa shape index (κ3) is 1.84. The lowest BCUT2D eigenvalue weighted by molar-refractivity contribution is -0.128. The summed E-state index contributed by atoms with van der Waals surface area (Å²) in [5, 5.41) is 3.35. The topological polar surface area (TPSA) is 41.6 Å². The Hall–Kier alpha value is -0.610. The van der Waals surface area contributed by atoms with Crippen LogP contribution >= 0.6 is 0 Å². The van der Waals surface area contributed by atoms with Crippen molar-refractivity contribution in [1.82, 2.24) is 10.2 Å². The molecule has 0 unspecified atom stereocenters. The van der Waals surface area contributed by atoms with E-state index in [1.165, 1.54) is 0 Å². The van der Waals surface area contributed by atoms with Gasteiger partial charge in [-0.05, 0) is 12.8 Å². The Bertz CT molecular complexity index is 180. The highest BCUT2D eigenvalue weighted by atomic mass is 16.5. The lowest BCUT2D eigenvalue weighted by atomic mass is 9.90. The molecule has 0 radical (unpaired) electrons. The van der Waals surface area contributed by atoms with E-state index in [4.69, 9.17) is 4.74 Å². The standard InChI is InChI=1S/C9H16N2O2/c12-8-11-4-1-9(2-5-11)7-10-3-6-13-9/h8,10H,1-7H2. The van der Waals surface area contributed by atoms with E-state index in [2.05, 4.69) is 5.32 Å². The number of ether oxygens (including phenoxy) is 1. The summed E-state index contributed by atoms with van der Waals surface area (Å²) in [5.74, 6) is 0. The van der Waals surface area contributed by atoms with Crippen LogP contribution < -0.4 is 5.32 Å². The van der Waals surface area contributed by atoms with Crippen LogP contribution in [0.3, 0.4) is 0 Å². The zero-order valence-corrected chi connectivity index (χ0v) is 7.79. The molecular formula is C9H16N2O2. The van der Waals surface area contributed by atoms with Gasteiger partial charge in [-0.15, -0.1) is 0 Å². The molecule has 4 heteroatoms. The Labute approximate surface area is 78.2 Å². The number of hydrogen-bond acceptors (Lipinski definition) is 3. The predicted molar refractivity (Wildman–Crippen MR) is 48.4 cm³/mol. The van der Waals surface area contributed by atoms with Crippen molar-refractivity contribution in [3.63, 3.8) is 0 Å². The SMILES string of the molecule is O=CN1CCC2(CC1)CNCCO2. The molecule has 1 spiro atoms. The minimum Gasteiger partial charge on any atom is -0.372 e. The molecular weight excluding hydrogens is 168 g/mol. The summed E-state index contributed by atoms with van der Waals surface area (Å²) in [6.07, 6.45) is 2.88. The van der Waals surface area contributed by atoms with Gasteiger partial charge in [0.1, 0.15) is 0 Å². The van der Waals surface area contributed by atoms with Crippen LogP contribution in [0.5, 0.6) is 0 Å². The molecule has 2 fully saturated rings. The summed E-state index contributed by atoms with van der Waals surface area (Å²) in [6.45, 7) is 4.39. The van der Waals surface area contributed by atoms with Gasteiger partial charge in [0.05, 0.1) is 12.2 Å². The van der Waals surface area contributed by atoms with Crippen molar-refractivity contribution < 1.29 is 9.53 Å². The molecule has 2 aliphatic heterocycles. The van der Waals surface area contributed by atoms with E-state index in [1.54, 1.807) is 0 Å². The summed E-state index contributed by atoms with van der Waals surface area (Å²) in [6, 6.07) is 0. The molecule has 4 nitrogen and oxygen atoms in total. The first-order chi connectivity index (χ1) is 6.35. The number of piperidine rings is 1. The van der Waals surface area contributed by atoms with E-state index in [0.717, 1.165) is 52.0 Å². The molecule has 1 N–H and O–H groups in total. The number of carbonyl (C=O) groups is 1. The Morgan fingerprint density at radius 3 is 2.69 bits per heavy atom. The third-order valence-corrected chi connectivity index (χ3v) is 2.99. The monoisotopic (exact) mass is 184 g/mol. The highest BCUT2D eigenvalue weighted by molar-refractivity contribution is 5.47. The molecule has 0 aromatic rings. The largest absolute Gasteiger partial charge is 0.372 e. The van der Waals surface area contributed by atoms with Gasteiger partial charge < -0.3 is 15.0 Å². The molecule has 13 heavy (non-hydrogen) atoms. The third-order valence-electron chi connectivity index (χ3n) is 2.99. The van der Waals surface area contributed by atoms with E-state index < -0.39 is 0 Å². The second-order valence-corrected chi connectivity index (χ2v) is 3.85. The first-order valence-electron chi connectivity index (χ1n) is 4.89. The average molecular weight is 184 g/mol. The minimum absolute atomic E-state index is 0.0256. The van der Waals surface area contributed by atoms with Gasteiger partial charge in [0.25, 0.3) is 0 Å². The quantitative estimate of drug-likeness (QED) is 0.564. The fourth-order valence-corrected chi connectivity index (χ4v) is 2.06. The first kappa shape index (κ1) is 8.97. The molecule has 0 saturated carbocycles. The summed E-state index contributed by atoms with van der Waals surface area (Å²) < 4.78 is 5.79. The van der Waals surface area contributed by atoms with E-state index in [0.29, 0.717) is 0 Å². The van der Waals surface area contributed by atoms with Crippen LogP contribution in [0.1, 0.15) is 12.8 Å². The van der Waals surface area contributed by atoms with Crippen LogP contribution in [0.15, 0.2) is 0 Å². The van der Waals surface area contributed by atoms with Crippen molar-refractivity contribution in [3.8, 4) is 0 Å². The normalized spacial score (nSPS) is 27.5. The molecule has 74 valence electrons. The minimum atomic E-state index is 0.0256. The van der Waals surface area contributed by atoms with E-state index in [-0.39, 0.29) is 5.60 Å². The molecule has 2 saturated heterocycles. The van der Waals surface area contributed by atoms with E-state index in [1.807, 2.05) is 4.90 Å². The van der Waals surface area contributed by atoms with Crippen LogP contribution in [-0.4, -0.2) is 49.7 Å². The number of rotatable bonds is 1. The van der Waals surface area contributed by atoms with Crippen molar-refractivity contribution in [2.75, 3.05) is 32.8 Å². The van der Waals surface area contributed by atoms with E-state index >= 15 is 0 Å². The number of morpholine rings is 1.